The van der Waals surface area contributed by atoms with E-state index >= 15 is 0 Å². The number of hydrogen-bond donors (Lipinski definition) is 0. The van der Waals surface area contributed by atoms with Crippen LogP contribution in [0.4, 0.5) is 5.69 Å². The first kappa shape index (κ1) is 15.0. The van der Waals surface area contributed by atoms with Crippen molar-refractivity contribution < 1.29 is 4.79 Å². The Hall–Kier alpha value is -2.55. The average molecular weight is 318 g/mol. The van der Waals surface area contributed by atoms with E-state index in [1.54, 1.807) is 0 Å². The van der Waals surface area contributed by atoms with E-state index in [1.165, 1.54) is 11.1 Å². The highest BCUT2D eigenvalue weighted by Crippen LogP contribution is 2.30. The molecule has 1 amide bonds. The fraction of sp³-hybridized carbons (Fsp3) is 0.286. The summed E-state index contributed by atoms with van der Waals surface area (Å²) < 4.78 is 0. The Morgan fingerprint density at radius 3 is 2.38 bits per heavy atom. The summed E-state index contributed by atoms with van der Waals surface area (Å²) in [5, 5.41) is 4.08. The molecule has 24 heavy (non-hydrogen) atoms. The molecule has 0 N–H and O–H groups in total. The number of hydrazine groups is 1. The summed E-state index contributed by atoms with van der Waals surface area (Å²) in [5.41, 5.74) is 3.72. The van der Waals surface area contributed by atoms with Crippen LogP contribution in [0.25, 0.3) is 0 Å². The Balaban J connectivity index is 1.60. The summed E-state index contributed by atoms with van der Waals surface area (Å²) in [7, 11) is 0. The summed E-state index contributed by atoms with van der Waals surface area (Å²) >= 11 is 0. The van der Waals surface area contributed by atoms with Crippen LogP contribution < -0.4 is 5.01 Å². The first-order valence-electron chi connectivity index (χ1n) is 8.67. The van der Waals surface area contributed by atoms with Gasteiger partial charge >= 0.3 is 0 Å². The predicted octanol–water partition coefficient (Wildman–Crippen LogP) is 3.83. The lowest BCUT2D eigenvalue weighted by molar-refractivity contribution is -0.135. The maximum atomic E-state index is 13.2. The van der Waals surface area contributed by atoms with Crippen LogP contribution in [0.2, 0.25) is 0 Å². The van der Waals surface area contributed by atoms with Gasteiger partial charge in [-0.05, 0) is 37.0 Å². The van der Waals surface area contributed by atoms with Gasteiger partial charge in [-0.3, -0.25) is 9.80 Å². The van der Waals surface area contributed by atoms with Crippen LogP contribution in [0.1, 0.15) is 18.4 Å². The fourth-order valence-electron chi connectivity index (χ4n) is 3.66. The summed E-state index contributed by atoms with van der Waals surface area (Å²) in [6.45, 7) is 1.52. The highest BCUT2D eigenvalue weighted by Gasteiger charge is 2.34. The van der Waals surface area contributed by atoms with E-state index in [0.717, 1.165) is 38.0 Å². The summed E-state index contributed by atoms with van der Waals surface area (Å²) in [6.07, 6.45) is 5.09. The van der Waals surface area contributed by atoms with Gasteiger partial charge in [0.05, 0.1) is 18.8 Å². The van der Waals surface area contributed by atoms with Crippen molar-refractivity contribution in [2.24, 2.45) is 5.92 Å². The maximum absolute atomic E-state index is 13.2. The zero-order valence-corrected chi connectivity index (χ0v) is 13.8. The molecule has 0 unspecified atom stereocenters. The van der Waals surface area contributed by atoms with Crippen molar-refractivity contribution in [1.29, 1.82) is 0 Å². The molecule has 2 aromatic carbocycles. The summed E-state index contributed by atoms with van der Waals surface area (Å²) in [5.74, 6) is 0.313. The molecule has 1 fully saturated rings. The van der Waals surface area contributed by atoms with Crippen molar-refractivity contribution in [2.45, 2.75) is 19.3 Å². The molecule has 1 atom stereocenters. The number of rotatable bonds is 3. The van der Waals surface area contributed by atoms with Crippen LogP contribution in [0, 0.1) is 5.92 Å². The molecule has 0 radical (unpaired) electrons. The Morgan fingerprint density at radius 2 is 1.62 bits per heavy atom. The van der Waals surface area contributed by atoms with E-state index in [2.05, 4.69) is 35.4 Å². The number of fused-ring (bicyclic) bond motifs is 2. The third-order valence-electron chi connectivity index (χ3n) is 4.99. The van der Waals surface area contributed by atoms with Crippen LogP contribution in [-0.2, 0) is 11.2 Å². The molecule has 1 saturated heterocycles. The number of nitrogens with zero attached hydrogens (tertiary/aromatic N) is 2. The smallest absolute Gasteiger partial charge is 0.244 e. The molecule has 0 aromatic heterocycles. The van der Waals surface area contributed by atoms with Crippen LogP contribution in [0.3, 0.4) is 0 Å². The van der Waals surface area contributed by atoms with Gasteiger partial charge in [0, 0.05) is 5.92 Å². The van der Waals surface area contributed by atoms with Crippen molar-refractivity contribution in [2.75, 3.05) is 18.1 Å². The molecule has 3 heteroatoms. The minimum atomic E-state index is 0.0580. The lowest BCUT2D eigenvalue weighted by atomic mass is 9.93. The van der Waals surface area contributed by atoms with Crippen LogP contribution in [0.5, 0.6) is 0 Å². The van der Waals surface area contributed by atoms with Gasteiger partial charge in [0.15, 0.2) is 0 Å². The van der Waals surface area contributed by atoms with Gasteiger partial charge in [0.1, 0.15) is 0 Å². The van der Waals surface area contributed by atoms with Gasteiger partial charge < -0.3 is 0 Å². The van der Waals surface area contributed by atoms with E-state index in [-0.39, 0.29) is 11.8 Å². The molecule has 2 heterocycles. The Labute approximate surface area is 143 Å². The minimum Gasteiger partial charge on any atom is -0.279 e. The molecular weight excluding hydrogens is 296 g/mol. The standard InChI is InChI=1S/C21H22N2O/c24-21-19(15-17-7-3-1-4-8-17)12-11-18-13-14-22(23(21)16-18)20-9-5-2-6-10-20/h1-10,13,19H,11-12,14-16H2/t19-/m1/s1. The minimum absolute atomic E-state index is 0.0580. The quantitative estimate of drug-likeness (QED) is 0.803. The number of para-hydroxylation sites is 1. The second kappa shape index (κ2) is 6.52. The summed E-state index contributed by atoms with van der Waals surface area (Å²) in [6, 6.07) is 20.6. The SMILES string of the molecule is O=C1[C@@H](Cc2ccccc2)CCC2=CCN(c3ccccc3)N1C2. The lowest BCUT2D eigenvalue weighted by Gasteiger charge is -2.39. The van der Waals surface area contributed by atoms with Crippen molar-refractivity contribution in [3.8, 4) is 0 Å². The molecule has 0 aliphatic carbocycles. The van der Waals surface area contributed by atoms with Crippen LogP contribution in [-0.4, -0.2) is 24.0 Å². The molecule has 4 rings (SSSR count). The molecule has 2 aliphatic rings. The first-order chi connectivity index (χ1) is 11.8. The largest absolute Gasteiger partial charge is 0.279 e. The van der Waals surface area contributed by atoms with Gasteiger partial charge in [-0.1, -0.05) is 60.2 Å². The number of anilines is 1. The fourth-order valence-corrected chi connectivity index (χ4v) is 3.66. The Bertz CT molecular complexity index is 739. The van der Waals surface area contributed by atoms with Gasteiger partial charge in [-0.15, -0.1) is 0 Å². The monoisotopic (exact) mass is 318 g/mol. The van der Waals surface area contributed by atoms with Crippen molar-refractivity contribution >= 4 is 11.6 Å². The third kappa shape index (κ3) is 2.94. The number of amides is 1. The third-order valence-corrected chi connectivity index (χ3v) is 4.99. The molecule has 3 nitrogen and oxygen atoms in total. The molecule has 0 spiro atoms. The topological polar surface area (TPSA) is 23.6 Å². The van der Waals surface area contributed by atoms with E-state index in [0.29, 0.717) is 0 Å². The number of carbonyl (C=O) groups is 1. The number of benzene rings is 2. The zero-order chi connectivity index (χ0) is 16.4. The van der Waals surface area contributed by atoms with Gasteiger partial charge in [-0.2, -0.15) is 0 Å². The van der Waals surface area contributed by atoms with Crippen molar-refractivity contribution in [3.05, 3.63) is 77.9 Å². The highest BCUT2D eigenvalue weighted by molar-refractivity contribution is 5.82. The van der Waals surface area contributed by atoms with E-state index in [9.17, 15) is 4.79 Å². The maximum Gasteiger partial charge on any atom is 0.244 e. The van der Waals surface area contributed by atoms with E-state index < -0.39 is 0 Å². The molecule has 2 aromatic rings. The van der Waals surface area contributed by atoms with Gasteiger partial charge in [0.25, 0.3) is 0 Å². The molecule has 2 bridgehead atoms. The van der Waals surface area contributed by atoms with Crippen LogP contribution >= 0.6 is 0 Å². The lowest BCUT2D eigenvalue weighted by Crippen LogP contribution is -2.51. The van der Waals surface area contributed by atoms with Crippen LogP contribution in [0.15, 0.2) is 72.3 Å². The van der Waals surface area contributed by atoms with E-state index in [4.69, 9.17) is 0 Å². The predicted molar refractivity (Wildman–Crippen MR) is 96.5 cm³/mol. The van der Waals surface area contributed by atoms with Crippen molar-refractivity contribution in [1.82, 2.24) is 5.01 Å². The normalized spacial score (nSPS) is 20.6. The molecule has 0 saturated carbocycles. The number of hydrogen-bond acceptors (Lipinski definition) is 2. The first-order valence-corrected chi connectivity index (χ1v) is 8.67. The Kier molecular flexibility index (Phi) is 4.08. The van der Waals surface area contributed by atoms with Crippen molar-refractivity contribution in [3.63, 3.8) is 0 Å². The average Bonchev–Trinajstić information content (AvgIpc) is 2.76. The van der Waals surface area contributed by atoms with E-state index in [1.807, 2.05) is 41.4 Å². The van der Waals surface area contributed by atoms with Gasteiger partial charge in [0.2, 0.25) is 5.91 Å². The second-order valence-corrected chi connectivity index (χ2v) is 6.60. The highest BCUT2D eigenvalue weighted by atomic mass is 16.2. The second-order valence-electron chi connectivity index (χ2n) is 6.60. The van der Waals surface area contributed by atoms with Gasteiger partial charge in [-0.25, -0.2) is 5.01 Å². The molecule has 2 aliphatic heterocycles. The molecular formula is C21H22N2O. The zero-order valence-electron chi connectivity index (χ0n) is 13.8. The molecule has 122 valence electrons. The Morgan fingerprint density at radius 1 is 0.917 bits per heavy atom. The summed E-state index contributed by atoms with van der Waals surface area (Å²) in [4.78, 5) is 13.2. The number of carbonyl (C=O) groups excluding carboxylic acids is 1.